The third kappa shape index (κ3) is 2.57. The highest BCUT2D eigenvalue weighted by Gasteiger charge is 2.22. The van der Waals surface area contributed by atoms with Crippen molar-refractivity contribution in [3.8, 4) is 0 Å². The molecule has 0 radical (unpaired) electrons. The van der Waals surface area contributed by atoms with Gasteiger partial charge in [0.05, 0.1) is 6.61 Å². The number of rotatable bonds is 4. The van der Waals surface area contributed by atoms with Crippen molar-refractivity contribution in [1.82, 2.24) is 5.32 Å². The van der Waals surface area contributed by atoms with Crippen LogP contribution in [0.2, 0.25) is 0 Å². The fourth-order valence-corrected chi connectivity index (χ4v) is 1.13. The van der Waals surface area contributed by atoms with Crippen LogP contribution in [0.3, 0.4) is 0 Å². The summed E-state index contributed by atoms with van der Waals surface area (Å²) in [7, 11) is 0. The number of carbonyl (C=O) groups excluding carboxylic acids is 1. The lowest BCUT2D eigenvalue weighted by Crippen LogP contribution is -2.31. The zero-order valence-corrected chi connectivity index (χ0v) is 6.32. The van der Waals surface area contributed by atoms with Gasteiger partial charge in [-0.2, -0.15) is 0 Å². The minimum absolute atomic E-state index is 0.198. The lowest BCUT2D eigenvalue weighted by Gasteiger charge is -2.06. The van der Waals surface area contributed by atoms with Crippen LogP contribution in [0.15, 0.2) is 0 Å². The largest absolute Gasteiger partial charge is 0.396 e. The van der Waals surface area contributed by atoms with Gasteiger partial charge in [0.2, 0.25) is 0 Å². The van der Waals surface area contributed by atoms with Gasteiger partial charge in [0, 0.05) is 12.6 Å². The summed E-state index contributed by atoms with van der Waals surface area (Å²) >= 11 is 0. The maximum atomic E-state index is 10.2. The van der Waals surface area contributed by atoms with Crippen molar-refractivity contribution in [1.29, 1.82) is 0 Å². The summed E-state index contributed by atoms with van der Waals surface area (Å²) < 4.78 is 5.05. The molecular weight excluding hydrogens is 146 g/mol. The molecule has 1 aliphatic heterocycles. The van der Waals surface area contributed by atoms with Crippen LogP contribution in [0.4, 0.5) is 0 Å². The Bertz CT molecular complexity index is 129. The first-order chi connectivity index (χ1) is 5.36. The van der Waals surface area contributed by atoms with Crippen molar-refractivity contribution in [2.45, 2.75) is 25.1 Å². The predicted octanol–water partition coefficient (Wildman–Crippen LogP) is -0.728. The second-order valence-electron chi connectivity index (χ2n) is 2.62. The molecule has 0 spiro atoms. The highest BCUT2D eigenvalue weighted by Crippen LogP contribution is 2.06. The molecule has 0 amide bonds. The minimum atomic E-state index is -0.432. The molecule has 0 bridgehead atoms. The van der Waals surface area contributed by atoms with E-state index in [4.69, 9.17) is 9.84 Å². The molecule has 0 aromatic heterocycles. The molecule has 64 valence electrons. The average molecular weight is 159 g/mol. The third-order valence-electron chi connectivity index (χ3n) is 1.71. The Morgan fingerprint density at radius 3 is 3.09 bits per heavy atom. The molecule has 0 aromatic rings. The summed E-state index contributed by atoms with van der Waals surface area (Å²) in [4.78, 5) is 10.2. The quantitative estimate of drug-likeness (QED) is 0.531. The molecule has 1 rings (SSSR count). The van der Waals surface area contributed by atoms with Gasteiger partial charge in [-0.05, 0) is 12.8 Å². The van der Waals surface area contributed by atoms with Crippen molar-refractivity contribution in [3.63, 3.8) is 0 Å². The SMILES string of the molecule is O=CC1NC(CCCO)CO1. The molecule has 1 saturated heterocycles. The Balaban J connectivity index is 2.14. The summed E-state index contributed by atoms with van der Waals surface area (Å²) in [5, 5.41) is 11.5. The second kappa shape index (κ2) is 4.43. The Morgan fingerprint density at radius 2 is 2.55 bits per heavy atom. The van der Waals surface area contributed by atoms with Crippen LogP contribution in [0, 0.1) is 0 Å². The maximum Gasteiger partial charge on any atom is 0.164 e. The molecule has 4 heteroatoms. The molecule has 1 heterocycles. The maximum absolute atomic E-state index is 10.2. The van der Waals surface area contributed by atoms with Gasteiger partial charge in [0.25, 0.3) is 0 Å². The highest BCUT2D eigenvalue weighted by atomic mass is 16.5. The molecule has 2 N–H and O–H groups in total. The van der Waals surface area contributed by atoms with Crippen LogP contribution >= 0.6 is 0 Å². The molecule has 1 fully saturated rings. The standard InChI is InChI=1S/C7H13NO3/c9-3-1-2-6-5-11-7(4-10)8-6/h4,6-9H,1-3,5H2. The fraction of sp³-hybridized carbons (Fsp3) is 0.857. The average Bonchev–Trinajstić information content (AvgIpc) is 2.48. The molecule has 2 unspecified atom stereocenters. The summed E-state index contributed by atoms with van der Waals surface area (Å²) in [6.45, 7) is 0.771. The number of ether oxygens (including phenoxy) is 1. The first-order valence-electron chi connectivity index (χ1n) is 3.80. The van der Waals surface area contributed by atoms with Gasteiger partial charge in [-0.1, -0.05) is 0 Å². The molecule has 4 nitrogen and oxygen atoms in total. The smallest absolute Gasteiger partial charge is 0.164 e. The van der Waals surface area contributed by atoms with Gasteiger partial charge < -0.3 is 9.84 Å². The first kappa shape index (κ1) is 8.64. The van der Waals surface area contributed by atoms with Crippen LogP contribution in [-0.4, -0.2) is 36.9 Å². The Morgan fingerprint density at radius 1 is 1.73 bits per heavy atom. The Hall–Kier alpha value is -0.450. The molecule has 2 atom stereocenters. The van der Waals surface area contributed by atoms with Gasteiger partial charge in [-0.25, -0.2) is 0 Å². The number of nitrogens with one attached hydrogen (secondary N) is 1. The van der Waals surface area contributed by atoms with Gasteiger partial charge in [-0.3, -0.25) is 10.1 Å². The Kier molecular flexibility index (Phi) is 3.48. The van der Waals surface area contributed by atoms with E-state index in [1.165, 1.54) is 0 Å². The predicted molar refractivity (Wildman–Crippen MR) is 39.0 cm³/mol. The van der Waals surface area contributed by atoms with Crippen LogP contribution in [0.5, 0.6) is 0 Å². The van der Waals surface area contributed by atoms with E-state index >= 15 is 0 Å². The normalized spacial score (nSPS) is 30.6. The number of hydrogen-bond acceptors (Lipinski definition) is 4. The summed E-state index contributed by atoms with van der Waals surface area (Å²) in [6, 6.07) is 0.234. The highest BCUT2D eigenvalue weighted by molar-refractivity contribution is 5.55. The van der Waals surface area contributed by atoms with E-state index in [0.29, 0.717) is 6.61 Å². The van der Waals surface area contributed by atoms with Crippen molar-refractivity contribution in [2.75, 3.05) is 13.2 Å². The summed E-state index contributed by atoms with van der Waals surface area (Å²) in [6.07, 6.45) is 1.94. The molecule has 0 aliphatic carbocycles. The van der Waals surface area contributed by atoms with Crippen LogP contribution in [0.25, 0.3) is 0 Å². The summed E-state index contributed by atoms with van der Waals surface area (Å²) in [5.74, 6) is 0. The monoisotopic (exact) mass is 159 g/mol. The lowest BCUT2D eigenvalue weighted by molar-refractivity contribution is -0.116. The van der Waals surface area contributed by atoms with E-state index in [2.05, 4.69) is 5.32 Å². The molecule has 0 aromatic carbocycles. The fourth-order valence-electron chi connectivity index (χ4n) is 1.13. The number of hydrogen-bond donors (Lipinski definition) is 2. The van der Waals surface area contributed by atoms with Crippen LogP contribution in [-0.2, 0) is 9.53 Å². The van der Waals surface area contributed by atoms with E-state index in [1.807, 2.05) is 0 Å². The van der Waals surface area contributed by atoms with Crippen LogP contribution < -0.4 is 5.32 Å². The minimum Gasteiger partial charge on any atom is -0.396 e. The number of aliphatic hydroxyl groups is 1. The van der Waals surface area contributed by atoms with E-state index in [-0.39, 0.29) is 12.6 Å². The first-order valence-corrected chi connectivity index (χ1v) is 3.80. The third-order valence-corrected chi connectivity index (χ3v) is 1.71. The van der Waals surface area contributed by atoms with E-state index in [1.54, 1.807) is 0 Å². The summed E-state index contributed by atoms with van der Waals surface area (Å²) in [5.41, 5.74) is 0. The van der Waals surface area contributed by atoms with Gasteiger partial charge in [-0.15, -0.1) is 0 Å². The van der Waals surface area contributed by atoms with E-state index in [0.717, 1.165) is 19.1 Å². The molecule has 0 saturated carbocycles. The van der Waals surface area contributed by atoms with Crippen LogP contribution in [0.1, 0.15) is 12.8 Å². The number of aldehydes is 1. The van der Waals surface area contributed by atoms with Crippen molar-refractivity contribution in [3.05, 3.63) is 0 Å². The Labute approximate surface area is 65.5 Å². The van der Waals surface area contributed by atoms with Crippen molar-refractivity contribution >= 4 is 6.29 Å². The second-order valence-corrected chi connectivity index (χ2v) is 2.62. The van der Waals surface area contributed by atoms with Gasteiger partial charge in [0.15, 0.2) is 12.5 Å². The zero-order valence-electron chi connectivity index (χ0n) is 6.32. The molecule has 1 aliphatic rings. The van der Waals surface area contributed by atoms with E-state index < -0.39 is 6.23 Å². The molecule has 11 heavy (non-hydrogen) atoms. The lowest BCUT2D eigenvalue weighted by atomic mass is 10.2. The zero-order chi connectivity index (χ0) is 8.10. The number of aliphatic hydroxyl groups excluding tert-OH is 1. The van der Waals surface area contributed by atoms with E-state index in [9.17, 15) is 4.79 Å². The number of carbonyl (C=O) groups is 1. The topological polar surface area (TPSA) is 58.6 Å². The van der Waals surface area contributed by atoms with Crippen molar-refractivity contribution in [2.24, 2.45) is 0 Å². The van der Waals surface area contributed by atoms with Gasteiger partial charge >= 0.3 is 0 Å². The molecular formula is C7H13NO3. The van der Waals surface area contributed by atoms with Gasteiger partial charge in [0.1, 0.15) is 0 Å². The van der Waals surface area contributed by atoms with Crippen molar-refractivity contribution < 1.29 is 14.6 Å².